The number of halogens is 1. The van der Waals surface area contributed by atoms with Crippen molar-refractivity contribution in [2.45, 2.75) is 12.1 Å². The van der Waals surface area contributed by atoms with Crippen molar-refractivity contribution in [1.29, 1.82) is 0 Å². The number of rotatable bonds is 3. The second-order valence-corrected chi connectivity index (χ2v) is 5.53. The molecular formula is C13H11FN2O2S. The third kappa shape index (κ3) is 2.68. The van der Waals surface area contributed by atoms with E-state index in [1.165, 1.54) is 25.4 Å². The number of allylic oxidation sites excluding steroid dienone is 1. The lowest BCUT2D eigenvalue weighted by atomic mass is 10.1. The van der Waals surface area contributed by atoms with Gasteiger partial charge in [-0.15, -0.1) is 0 Å². The van der Waals surface area contributed by atoms with Crippen LogP contribution in [-0.4, -0.2) is 18.4 Å². The van der Waals surface area contributed by atoms with Crippen molar-refractivity contribution in [3.8, 4) is 0 Å². The van der Waals surface area contributed by atoms with Gasteiger partial charge in [0.15, 0.2) is 0 Å². The second-order valence-electron chi connectivity index (χ2n) is 3.80. The van der Waals surface area contributed by atoms with Gasteiger partial charge in [0.05, 0.1) is 0 Å². The van der Waals surface area contributed by atoms with Crippen molar-refractivity contribution < 1.29 is 12.8 Å². The summed E-state index contributed by atoms with van der Waals surface area (Å²) in [5, 5.41) is -1.77. The van der Waals surface area contributed by atoms with E-state index in [1.807, 2.05) is 0 Å². The van der Waals surface area contributed by atoms with Crippen molar-refractivity contribution in [2.75, 3.05) is 0 Å². The molecular weight excluding hydrogens is 267 g/mol. The molecule has 19 heavy (non-hydrogen) atoms. The van der Waals surface area contributed by atoms with Crippen LogP contribution in [0.4, 0.5) is 4.39 Å². The van der Waals surface area contributed by atoms with Crippen LogP contribution in [0.2, 0.25) is 0 Å². The highest BCUT2D eigenvalue weighted by Crippen LogP contribution is 2.26. The molecule has 0 amide bonds. The van der Waals surface area contributed by atoms with E-state index in [2.05, 4.69) is 9.97 Å². The van der Waals surface area contributed by atoms with E-state index < -0.39 is 20.2 Å². The quantitative estimate of drug-likeness (QED) is 0.810. The van der Waals surface area contributed by atoms with Crippen LogP contribution in [0, 0.1) is 0 Å². The van der Waals surface area contributed by atoms with E-state index in [9.17, 15) is 12.8 Å². The van der Waals surface area contributed by atoms with Crippen molar-refractivity contribution in [1.82, 2.24) is 9.97 Å². The molecule has 0 atom stereocenters. The standard InChI is InChI=1S/C13H11FN2O2S/c1-10(11-6-3-2-4-7-11)12(14)19(17,18)13-15-8-5-9-16-13/h2-9H,1H3/b12-10+. The lowest BCUT2D eigenvalue weighted by Gasteiger charge is -2.05. The first-order valence-electron chi connectivity index (χ1n) is 5.47. The number of hydrogen-bond acceptors (Lipinski definition) is 4. The molecule has 0 N–H and O–H groups in total. The summed E-state index contributed by atoms with van der Waals surface area (Å²) < 4.78 is 38.1. The molecule has 0 saturated heterocycles. The summed E-state index contributed by atoms with van der Waals surface area (Å²) in [6.45, 7) is 1.41. The average Bonchev–Trinajstić information content (AvgIpc) is 2.47. The van der Waals surface area contributed by atoms with Crippen LogP contribution in [0.5, 0.6) is 0 Å². The van der Waals surface area contributed by atoms with Gasteiger partial charge in [-0.2, -0.15) is 4.39 Å². The van der Waals surface area contributed by atoms with Crippen LogP contribution in [0.25, 0.3) is 5.57 Å². The summed E-state index contributed by atoms with van der Waals surface area (Å²) in [5.41, 5.74) is 0.535. The molecule has 1 heterocycles. The third-order valence-corrected chi connectivity index (χ3v) is 3.99. The van der Waals surface area contributed by atoms with E-state index in [0.29, 0.717) is 5.56 Å². The van der Waals surface area contributed by atoms with E-state index >= 15 is 0 Å². The van der Waals surface area contributed by atoms with E-state index in [4.69, 9.17) is 0 Å². The van der Waals surface area contributed by atoms with Crippen LogP contribution >= 0.6 is 0 Å². The first kappa shape index (κ1) is 13.4. The molecule has 4 nitrogen and oxygen atoms in total. The van der Waals surface area contributed by atoms with E-state index in [1.54, 1.807) is 30.3 Å². The SMILES string of the molecule is C/C(=C(/F)S(=O)(=O)c1ncccn1)c1ccccc1. The van der Waals surface area contributed by atoms with Gasteiger partial charge in [0, 0.05) is 18.0 Å². The third-order valence-electron chi connectivity index (χ3n) is 2.52. The van der Waals surface area contributed by atoms with Crippen molar-refractivity contribution >= 4 is 15.4 Å². The molecule has 0 aliphatic carbocycles. The highest BCUT2D eigenvalue weighted by molar-refractivity contribution is 7.95. The Labute approximate surface area is 110 Å². The summed E-state index contributed by atoms with van der Waals surface area (Å²) in [7, 11) is -4.30. The van der Waals surface area contributed by atoms with Crippen LogP contribution in [0.3, 0.4) is 0 Å². The van der Waals surface area contributed by atoms with Crippen molar-refractivity contribution in [2.24, 2.45) is 0 Å². The van der Waals surface area contributed by atoms with Gasteiger partial charge in [0.25, 0.3) is 15.0 Å². The molecule has 0 spiro atoms. The molecule has 98 valence electrons. The van der Waals surface area contributed by atoms with Crippen LogP contribution in [-0.2, 0) is 9.84 Å². The zero-order chi connectivity index (χ0) is 13.9. The minimum atomic E-state index is -4.30. The Balaban J connectivity index is 2.53. The van der Waals surface area contributed by atoms with Crippen LogP contribution in [0.1, 0.15) is 12.5 Å². The van der Waals surface area contributed by atoms with Gasteiger partial charge >= 0.3 is 0 Å². The van der Waals surface area contributed by atoms with E-state index in [0.717, 1.165) is 0 Å². The Morgan fingerprint density at radius 2 is 1.63 bits per heavy atom. The maximum Gasteiger partial charge on any atom is 0.268 e. The Hall–Kier alpha value is -2.08. The van der Waals surface area contributed by atoms with E-state index in [-0.39, 0.29) is 5.57 Å². The monoisotopic (exact) mass is 278 g/mol. The summed E-state index contributed by atoms with van der Waals surface area (Å²) in [6, 6.07) is 9.91. The Morgan fingerprint density at radius 1 is 1.05 bits per heavy atom. The number of benzene rings is 1. The first-order chi connectivity index (χ1) is 9.03. The molecule has 2 aromatic rings. The predicted molar refractivity (Wildman–Crippen MR) is 69.4 cm³/mol. The zero-order valence-corrected chi connectivity index (χ0v) is 10.9. The zero-order valence-electron chi connectivity index (χ0n) is 10.1. The lowest BCUT2D eigenvalue weighted by Crippen LogP contribution is -2.07. The van der Waals surface area contributed by atoms with Gasteiger partial charge < -0.3 is 0 Å². The summed E-state index contributed by atoms with van der Waals surface area (Å²) in [6.07, 6.45) is 2.51. The molecule has 1 aromatic heterocycles. The predicted octanol–water partition coefficient (Wildman–Crippen LogP) is 2.61. The highest BCUT2D eigenvalue weighted by Gasteiger charge is 2.26. The van der Waals surface area contributed by atoms with Gasteiger partial charge in [-0.05, 0) is 18.6 Å². The van der Waals surface area contributed by atoms with Crippen molar-refractivity contribution in [3.63, 3.8) is 0 Å². The summed E-state index contributed by atoms with van der Waals surface area (Å²) >= 11 is 0. The fraction of sp³-hybridized carbons (Fsp3) is 0.0769. The topological polar surface area (TPSA) is 59.9 Å². The van der Waals surface area contributed by atoms with Gasteiger partial charge in [-0.3, -0.25) is 0 Å². The Kier molecular flexibility index (Phi) is 3.71. The Bertz CT molecular complexity index is 698. The normalized spacial score (nSPS) is 12.9. The highest BCUT2D eigenvalue weighted by atomic mass is 32.2. The number of nitrogens with zero attached hydrogens (tertiary/aromatic N) is 2. The van der Waals surface area contributed by atoms with Gasteiger partial charge in [0.1, 0.15) is 0 Å². The maximum atomic E-state index is 14.2. The van der Waals surface area contributed by atoms with Gasteiger partial charge in [-0.25, -0.2) is 18.4 Å². The van der Waals surface area contributed by atoms with Crippen LogP contribution in [0.15, 0.2) is 59.1 Å². The van der Waals surface area contributed by atoms with Crippen molar-refractivity contribution in [3.05, 3.63) is 59.5 Å². The summed E-state index contributed by atoms with van der Waals surface area (Å²) in [4.78, 5) is 7.15. The minimum Gasteiger partial charge on any atom is -0.226 e. The number of aromatic nitrogens is 2. The van der Waals surface area contributed by atoms with Gasteiger partial charge in [-0.1, -0.05) is 30.3 Å². The smallest absolute Gasteiger partial charge is 0.226 e. The molecule has 0 unspecified atom stereocenters. The largest absolute Gasteiger partial charge is 0.268 e. The number of sulfone groups is 1. The molecule has 0 fully saturated rings. The average molecular weight is 278 g/mol. The maximum absolute atomic E-state index is 14.2. The first-order valence-corrected chi connectivity index (χ1v) is 6.95. The summed E-state index contributed by atoms with van der Waals surface area (Å²) in [5.74, 6) is 0. The molecule has 0 radical (unpaired) electrons. The molecule has 0 aliphatic rings. The molecule has 1 aromatic carbocycles. The van der Waals surface area contributed by atoms with Crippen LogP contribution < -0.4 is 0 Å². The van der Waals surface area contributed by atoms with Gasteiger partial charge in [0.2, 0.25) is 5.16 Å². The fourth-order valence-corrected chi connectivity index (χ4v) is 2.59. The Morgan fingerprint density at radius 3 is 2.21 bits per heavy atom. The fourth-order valence-electron chi connectivity index (χ4n) is 1.51. The second kappa shape index (κ2) is 5.27. The molecule has 0 bridgehead atoms. The molecule has 2 rings (SSSR count). The molecule has 0 saturated carbocycles. The molecule has 6 heteroatoms. The molecule has 0 aliphatic heterocycles. The minimum absolute atomic E-state index is 0.0352. The number of hydrogen-bond donors (Lipinski definition) is 0. The lowest BCUT2D eigenvalue weighted by molar-refractivity contribution is 0.570.